The maximum atomic E-state index is 2.46. The molecule has 0 fully saturated rings. The lowest BCUT2D eigenvalue weighted by Crippen LogP contribution is -2.11. The summed E-state index contributed by atoms with van der Waals surface area (Å²) < 4.78 is 5.02. The third kappa shape index (κ3) is 6.39. The van der Waals surface area contributed by atoms with Gasteiger partial charge in [0.25, 0.3) is 0 Å². The molecule has 2 heterocycles. The first-order valence-electron chi connectivity index (χ1n) is 22.2. The van der Waals surface area contributed by atoms with Crippen LogP contribution in [-0.4, -0.2) is 4.57 Å². The number of nitrogens with zero attached hydrogens (tertiary/aromatic N) is 2. The average molecular weight is 845 g/mol. The van der Waals surface area contributed by atoms with Crippen LogP contribution >= 0.6 is 11.3 Å². The van der Waals surface area contributed by atoms with Crippen molar-refractivity contribution in [3.63, 3.8) is 0 Å². The van der Waals surface area contributed by atoms with Crippen LogP contribution in [0.4, 0.5) is 17.1 Å². The molecular formula is C62H40N2S. The number of fused-ring (bicyclic) bond motifs is 8. The van der Waals surface area contributed by atoms with Crippen molar-refractivity contribution in [1.82, 2.24) is 4.57 Å². The Kier molecular flexibility index (Phi) is 8.75. The quantitative estimate of drug-likeness (QED) is 0.155. The highest BCUT2D eigenvalue weighted by molar-refractivity contribution is 7.25. The molecule has 304 valence electrons. The van der Waals surface area contributed by atoms with E-state index in [4.69, 9.17) is 0 Å². The van der Waals surface area contributed by atoms with Gasteiger partial charge in [-0.05, 0) is 134 Å². The largest absolute Gasteiger partial charge is 0.310 e. The van der Waals surface area contributed by atoms with Gasteiger partial charge in [-0.15, -0.1) is 11.3 Å². The minimum absolute atomic E-state index is 1.09. The van der Waals surface area contributed by atoms with Crippen LogP contribution in [0.5, 0.6) is 0 Å². The molecule has 0 saturated heterocycles. The Labute approximate surface area is 381 Å². The first kappa shape index (κ1) is 37.3. The van der Waals surface area contributed by atoms with E-state index in [1.54, 1.807) is 0 Å². The molecule has 0 atom stereocenters. The topological polar surface area (TPSA) is 8.17 Å². The number of para-hydroxylation sites is 2. The van der Waals surface area contributed by atoms with E-state index < -0.39 is 0 Å². The lowest BCUT2D eigenvalue weighted by molar-refractivity contribution is 1.19. The molecule has 0 saturated carbocycles. The van der Waals surface area contributed by atoms with Crippen LogP contribution in [0.15, 0.2) is 243 Å². The maximum Gasteiger partial charge on any atom is 0.0546 e. The highest BCUT2D eigenvalue weighted by Gasteiger charge is 2.21. The molecule has 13 aromatic rings. The predicted octanol–water partition coefficient (Wildman–Crippen LogP) is 17.9. The fraction of sp³-hybridized carbons (Fsp3) is 0. The van der Waals surface area contributed by atoms with Crippen molar-refractivity contribution in [2.75, 3.05) is 4.90 Å². The van der Waals surface area contributed by atoms with Crippen molar-refractivity contribution < 1.29 is 0 Å². The molecule has 0 amide bonds. The zero-order valence-corrected chi connectivity index (χ0v) is 36.2. The highest BCUT2D eigenvalue weighted by atomic mass is 32.1. The van der Waals surface area contributed by atoms with Gasteiger partial charge in [-0.2, -0.15) is 0 Å². The average Bonchev–Trinajstić information content (AvgIpc) is 3.92. The Morgan fingerprint density at radius 3 is 1.74 bits per heavy atom. The number of hydrogen-bond donors (Lipinski definition) is 0. The van der Waals surface area contributed by atoms with E-state index in [1.807, 2.05) is 11.3 Å². The predicted molar refractivity (Wildman–Crippen MR) is 280 cm³/mol. The minimum Gasteiger partial charge on any atom is -0.310 e. The molecule has 3 heteroatoms. The van der Waals surface area contributed by atoms with Gasteiger partial charge in [0.2, 0.25) is 0 Å². The molecule has 0 radical (unpaired) electrons. The van der Waals surface area contributed by atoms with Gasteiger partial charge in [0, 0.05) is 53.4 Å². The maximum absolute atomic E-state index is 2.46. The van der Waals surface area contributed by atoms with Gasteiger partial charge in [-0.1, -0.05) is 158 Å². The summed E-state index contributed by atoms with van der Waals surface area (Å²) >= 11 is 1.87. The fourth-order valence-electron chi connectivity index (χ4n) is 10.0. The molecule has 0 N–H and O–H groups in total. The first-order chi connectivity index (χ1) is 32.2. The van der Waals surface area contributed by atoms with Gasteiger partial charge in [-0.25, -0.2) is 0 Å². The van der Waals surface area contributed by atoms with Crippen LogP contribution in [-0.2, 0) is 0 Å². The van der Waals surface area contributed by atoms with Crippen LogP contribution in [0.1, 0.15) is 0 Å². The van der Waals surface area contributed by atoms with Crippen LogP contribution in [0.3, 0.4) is 0 Å². The Morgan fingerprint density at radius 1 is 0.292 bits per heavy atom. The van der Waals surface area contributed by atoms with E-state index in [-0.39, 0.29) is 0 Å². The second-order valence-electron chi connectivity index (χ2n) is 16.9. The van der Waals surface area contributed by atoms with Crippen molar-refractivity contribution in [1.29, 1.82) is 0 Å². The van der Waals surface area contributed by atoms with Crippen LogP contribution in [0.2, 0.25) is 0 Å². The zero-order chi connectivity index (χ0) is 42.8. The smallest absolute Gasteiger partial charge is 0.0546 e. The molecule has 0 unspecified atom stereocenters. The standard InChI is InChI=1S/C62H40N2S/c1-3-15-41(16-4-1)49-33-46-19-9-10-22-53(46)60(39-49)63(50-20-5-2-6-21-50)52-36-47(34-48(37-52)45-28-31-56-55-24-12-14-26-61(55)65-62(56)40-45)44-29-32-59-57(38-44)54-23-11-13-25-58(54)64(59)51-30-27-42-17-7-8-18-43(42)35-51/h1-40H. The van der Waals surface area contributed by atoms with Crippen molar-refractivity contribution in [3.8, 4) is 39.1 Å². The number of rotatable bonds is 7. The van der Waals surface area contributed by atoms with Crippen LogP contribution in [0.25, 0.3) is 103 Å². The molecule has 2 aromatic heterocycles. The third-order valence-corrected chi connectivity index (χ3v) is 14.2. The molecule has 11 aromatic carbocycles. The van der Waals surface area contributed by atoms with Crippen molar-refractivity contribution in [2.45, 2.75) is 0 Å². The molecular weight excluding hydrogens is 805 g/mol. The molecule has 2 nitrogen and oxygen atoms in total. The third-order valence-electron chi connectivity index (χ3n) is 13.1. The summed E-state index contributed by atoms with van der Waals surface area (Å²) in [7, 11) is 0. The summed E-state index contributed by atoms with van der Waals surface area (Å²) in [5.41, 5.74) is 13.9. The minimum atomic E-state index is 1.09. The number of aromatic nitrogens is 1. The van der Waals surface area contributed by atoms with E-state index >= 15 is 0 Å². The SMILES string of the molecule is c1ccc(-c2cc(N(c3ccccc3)c3cc(-c4ccc5c(c4)sc4ccccc45)cc(-c4ccc5c(c4)c4ccccc4n5-c4ccc5ccccc5c4)c3)c3ccccc3c2)cc1. The Hall–Kier alpha value is -8.24. The Bertz CT molecular complexity index is 3950. The summed E-state index contributed by atoms with van der Waals surface area (Å²) in [4.78, 5) is 2.46. The lowest BCUT2D eigenvalue weighted by Gasteiger charge is -2.29. The molecule has 0 spiro atoms. The van der Waals surface area contributed by atoms with Crippen LogP contribution in [0, 0.1) is 0 Å². The first-order valence-corrected chi connectivity index (χ1v) is 23.0. The molecule has 0 aliphatic carbocycles. The zero-order valence-electron chi connectivity index (χ0n) is 35.4. The summed E-state index contributed by atoms with van der Waals surface area (Å²) in [5, 5.41) is 9.94. The lowest BCUT2D eigenvalue weighted by atomic mass is 9.95. The van der Waals surface area contributed by atoms with Crippen molar-refractivity contribution >= 4 is 91.9 Å². The highest BCUT2D eigenvalue weighted by Crippen LogP contribution is 2.46. The summed E-state index contributed by atoms with van der Waals surface area (Å²) in [6.45, 7) is 0. The molecule has 0 aliphatic heterocycles. The van der Waals surface area contributed by atoms with Gasteiger partial charge >= 0.3 is 0 Å². The molecule has 13 rings (SSSR count). The summed E-state index contributed by atoms with van der Waals surface area (Å²) in [6, 6.07) is 89.3. The van der Waals surface area contributed by atoms with Crippen LogP contribution < -0.4 is 4.90 Å². The Balaban J connectivity index is 1.06. The van der Waals surface area contributed by atoms with Crippen molar-refractivity contribution in [2.24, 2.45) is 0 Å². The number of hydrogen-bond acceptors (Lipinski definition) is 2. The number of anilines is 3. The monoisotopic (exact) mass is 844 g/mol. The fourth-order valence-corrected chi connectivity index (χ4v) is 11.1. The van der Waals surface area contributed by atoms with Gasteiger partial charge in [0.1, 0.15) is 0 Å². The summed E-state index contributed by atoms with van der Waals surface area (Å²) in [6.07, 6.45) is 0. The van der Waals surface area contributed by atoms with E-state index in [0.717, 1.165) is 28.3 Å². The molecule has 0 bridgehead atoms. The van der Waals surface area contributed by atoms with E-state index in [2.05, 4.69) is 252 Å². The van der Waals surface area contributed by atoms with Crippen molar-refractivity contribution in [3.05, 3.63) is 243 Å². The Morgan fingerprint density at radius 2 is 0.908 bits per heavy atom. The van der Waals surface area contributed by atoms with Gasteiger partial charge in [0.15, 0.2) is 0 Å². The molecule has 0 aliphatic rings. The van der Waals surface area contributed by atoms with E-state index in [9.17, 15) is 0 Å². The van der Waals surface area contributed by atoms with Gasteiger partial charge in [0.05, 0.1) is 16.7 Å². The molecule has 65 heavy (non-hydrogen) atoms. The van der Waals surface area contributed by atoms with Gasteiger partial charge < -0.3 is 9.47 Å². The number of benzene rings is 11. The normalized spacial score (nSPS) is 11.7. The number of thiophene rings is 1. The van der Waals surface area contributed by atoms with E-state index in [1.165, 1.54) is 91.3 Å². The van der Waals surface area contributed by atoms with E-state index in [0.29, 0.717) is 0 Å². The second kappa shape index (κ2) is 15.2. The van der Waals surface area contributed by atoms with Gasteiger partial charge in [-0.3, -0.25) is 0 Å². The second-order valence-corrected chi connectivity index (χ2v) is 18.0. The summed E-state index contributed by atoms with van der Waals surface area (Å²) in [5.74, 6) is 0.